The maximum absolute atomic E-state index is 13.7. The van der Waals surface area contributed by atoms with Crippen LogP contribution in [-0.2, 0) is 45.2 Å². The molecule has 294 valence electrons. The van der Waals surface area contributed by atoms with Crippen molar-refractivity contribution in [3.8, 4) is 11.3 Å². The lowest BCUT2D eigenvalue weighted by Gasteiger charge is -2.25. The van der Waals surface area contributed by atoms with Crippen molar-refractivity contribution in [1.29, 1.82) is 0 Å². The highest BCUT2D eigenvalue weighted by molar-refractivity contribution is 7.92. The summed E-state index contributed by atoms with van der Waals surface area (Å²) in [5.74, 6) is -3.74. The minimum Gasteiger partial charge on any atom is -0.507 e. The van der Waals surface area contributed by atoms with E-state index in [1.807, 2.05) is 6.07 Å². The molecule has 16 heteroatoms. The second-order valence-electron chi connectivity index (χ2n) is 12.7. The molecule has 1 aliphatic rings. The van der Waals surface area contributed by atoms with E-state index in [0.29, 0.717) is 65.9 Å². The molecule has 0 saturated heterocycles. The lowest BCUT2D eigenvalue weighted by atomic mass is 10.0. The molecule has 1 aliphatic carbocycles. The average molecular weight is 783 g/mol. The monoisotopic (exact) mass is 782 g/mol. The van der Waals surface area contributed by atoms with E-state index in [4.69, 9.17) is 28.5 Å². The average Bonchev–Trinajstić information content (AvgIpc) is 3.94. The number of carboxylic acids is 1. The molecule has 0 radical (unpaired) electrons. The van der Waals surface area contributed by atoms with Gasteiger partial charge in [-0.05, 0) is 60.2 Å². The van der Waals surface area contributed by atoms with Crippen LogP contribution in [0.25, 0.3) is 28.1 Å². The topological polar surface area (TPSA) is 191 Å². The van der Waals surface area contributed by atoms with Crippen LogP contribution in [0, 0.1) is 5.82 Å². The summed E-state index contributed by atoms with van der Waals surface area (Å²) in [5, 5.41) is 21.7. The molecule has 0 unspecified atom stereocenters. The highest BCUT2D eigenvalue weighted by atomic mass is 32.2. The van der Waals surface area contributed by atoms with E-state index in [-0.39, 0.29) is 50.6 Å². The smallest absolute Gasteiger partial charge is 0.376 e. The Labute approximate surface area is 317 Å². The van der Waals surface area contributed by atoms with Crippen LogP contribution in [0.15, 0.2) is 71.2 Å². The third kappa shape index (κ3) is 11.2. The molecule has 1 fully saturated rings. The molecule has 0 spiro atoms. The first-order valence-corrected chi connectivity index (χ1v) is 19.4. The quantitative estimate of drug-likeness (QED) is 0.0416. The van der Waals surface area contributed by atoms with Gasteiger partial charge >= 0.3 is 5.97 Å². The predicted octanol–water partition coefficient (Wildman–Crippen LogP) is 5.06. The molecule has 3 N–H and O–H groups in total. The highest BCUT2D eigenvalue weighted by Gasteiger charge is 2.33. The first-order valence-electron chi connectivity index (χ1n) is 17.5. The number of ether oxygens (including phenoxy) is 4. The number of amides is 1. The third-order valence-corrected chi connectivity index (χ3v) is 9.82. The number of carbonyl (C=O) groups is 3. The number of carbonyl (C=O) groups excluding carboxylic acids is 2. The molecule has 0 bridgehead atoms. The number of furan rings is 1. The van der Waals surface area contributed by atoms with E-state index >= 15 is 0 Å². The van der Waals surface area contributed by atoms with Crippen LogP contribution in [-0.4, -0.2) is 102 Å². The summed E-state index contributed by atoms with van der Waals surface area (Å²) < 4.78 is 69.7. The zero-order chi connectivity index (χ0) is 39.5. The number of anilines is 1. The first kappa shape index (κ1) is 41.0. The number of ketones is 1. The molecule has 1 amide bonds. The number of halogens is 1. The van der Waals surface area contributed by atoms with E-state index in [9.17, 15) is 32.3 Å². The van der Waals surface area contributed by atoms with Crippen molar-refractivity contribution in [3.63, 3.8) is 0 Å². The molecule has 1 saturated carbocycles. The first-order chi connectivity index (χ1) is 26.4. The summed E-state index contributed by atoms with van der Waals surface area (Å²) in [5.41, 5.74) is 3.48. The SMILES string of the molecule is CNC(=O)c1c(-c2ccc(F)cc2)oc2cc(N(CCOCCOCCOCCOCc3ccc(C(O)=CC(=O)C(=O)O)cc3)S(C)(=O)=O)c(C3CC3)cc12. The van der Waals surface area contributed by atoms with Crippen molar-refractivity contribution < 1.29 is 60.8 Å². The van der Waals surface area contributed by atoms with Crippen LogP contribution >= 0.6 is 0 Å². The van der Waals surface area contributed by atoms with Crippen LogP contribution in [0.3, 0.4) is 0 Å². The number of aliphatic carboxylic acids is 1. The van der Waals surface area contributed by atoms with Crippen LogP contribution in [0.1, 0.15) is 45.8 Å². The van der Waals surface area contributed by atoms with E-state index in [1.165, 1.54) is 35.6 Å². The molecule has 4 aromatic rings. The zero-order valence-corrected chi connectivity index (χ0v) is 31.2. The summed E-state index contributed by atoms with van der Waals surface area (Å²) in [4.78, 5) is 34.9. The number of aliphatic hydroxyl groups is 1. The molecule has 0 atom stereocenters. The van der Waals surface area contributed by atoms with E-state index in [1.54, 1.807) is 30.3 Å². The summed E-state index contributed by atoms with van der Waals surface area (Å²) in [6.45, 7) is 2.20. The van der Waals surface area contributed by atoms with Gasteiger partial charge in [-0.25, -0.2) is 17.6 Å². The van der Waals surface area contributed by atoms with Crippen molar-refractivity contribution in [1.82, 2.24) is 5.32 Å². The maximum Gasteiger partial charge on any atom is 0.376 e. The van der Waals surface area contributed by atoms with Crippen molar-refractivity contribution in [2.75, 3.05) is 70.4 Å². The summed E-state index contributed by atoms with van der Waals surface area (Å²) in [6, 6.07) is 15.5. The number of hydrogen-bond acceptors (Lipinski definition) is 11. The van der Waals surface area contributed by atoms with Gasteiger partial charge in [-0.2, -0.15) is 0 Å². The number of hydrogen-bond donors (Lipinski definition) is 3. The number of nitrogens with zero attached hydrogens (tertiary/aromatic N) is 1. The standard InChI is InChI=1S/C39H43FN2O12S/c1-41-38(45)36-31-21-30(26-7-8-26)32(22-35(31)54-37(36)28-9-11-29(40)12-10-28)42(55(2,48)49)13-14-50-15-16-51-17-18-52-19-20-53-24-25-3-5-27(6-4-25)33(43)23-34(44)39(46)47/h3-6,9-12,21-23,26,43H,7-8,13-20,24H2,1-2H3,(H,41,45)(H,46,47). The van der Waals surface area contributed by atoms with Crippen molar-refractivity contribution in [3.05, 3.63) is 94.8 Å². The van der Waals surface area contributed by atoms with Gasteiger partial charge in [0.2, 0.25) is 10.0 Å². The Morgan fingerprint density at radius 3 is 2.05 bits per heavy atom. The number of carboxylic acid groups (broad SMARTS) is 1. The lowest BCUT2D eigenvalue weighted by Crippen LogP contribution is -2.34. The van der Waals surface area contributed by atoms with Gasteiger partial charge in [0.15, 0.2) is 0 Å². The van der Waals surface area contributed by atoms with Crippen LogP contribution < -0.4 is 9.62 Å². The molecule has 1 aromatic heterocycles. The Morgan fingerprint density at radius 1 is 0.891 bits per heavy atom. The van der Waals surface area contributed by atoms with Gasteiger partial charge < -0.3 is 38.9 Å². The number of nitrogens with one attached hydrogen (secondary N) is 1. The summed E-state index contributed by atoms with van der Waals surface area (Å²) >= 11 is 0. The van der Waals surface area contributed by atoms with Crippen molar-refractivity contribution in [2.24, 2.45) is 0 Å². The van der Waals surface area contributed by atoms with Gasteiger partial charge in [0.05, 0.1) is 76.9 Å². The van der Waals surface area contributed by atoms with Gasteiger partial charge in [0.25, 0.3) is 11.7 Å². The number of fused-ring (bicyclic) bond motifs is 1. The number of benzene rings is 3. The Balaban J connectivity index is 1.05. The Bertz CT molecular complexity index is 2110. The fraction of sp³-hybridized carbons (Fsp3) is 0.359. The summed E-state index contributed by atoms with van der Waals surface area (Å²) in [6.07, 6.45) is 3.53. The second-order valence-corrected chi connectivity index (χ2v) is 14.6. The molecule has 1 heterocycles. The number of aliphatic hydroxyl groups excluding tert-OH is 1. The molecule has 14 nitrogen and oxygen atoms in total. The van der Waals surface area contributed by atoms with Gasteiger partial charge in [-0.3, -0.25) is 13.9 Å². The Morgan fingerprint density at radius 2 is 1.49 bits per heavy atom. The van der Waals surface area contributed by atoms with E-state index in [0.717, 1.165) is 30.2 Å². The number of rotatable bonds is 22. The molecule has 3 aromatic carbocycles. The maximum atomic E-state index is 13.7. The second kappa shape index (κ2) is 19.0. The van der Waals surface area contributed by atoms with E-state index in [2.05, 4.69) is 5.32 Å². The minimum atomic E-state index is -3.74. The van der Waals surface area contributed by atoms with Gasteiger partial charge in [0, 0.05) is 35.7 Å². The number of sulfonamides is 1. The largest absolute Gasteiger partial charge is 0.507 e. The van der Waals surface area contributed by atoms with Crippen LogP contribution in [0.4, 0.5) is 10.1 Å². The van der Waals surface area contributed by atoms with E-state index < -0.39 is 33.4 Å². The predicted molar refractivity (Wildman–Crippen MR) is 201 cm³/mol. The van der Waals surface area contributed by atoms with Gasteiger partial charge in [0.1, 0.15) is 22.9 Å². The van der Waals surface area contributed by atoms with Crippen molar-refractivity contribution in [2.45, 2.75) is 25.4 Å². The normalized spacial score (nSPS) is 13.3. The molecular formula is C39H43FN2O12S. The van der Waals surface area contributed by atoms with Gasteiger partial charge in [-0.1, -0.05) is 24.3 Å². The van der Waals surface area contributed by atoms with Gasteiger partial charge in [-0.15, -0.1) is 0 Å². The third-order valence-electron chi connectivity index (χ3n) is 8.64. The Kier molecular flexibility index (Phi) is 14.1. The fourth-order valence-electron chi connectivity index (χ4n) is 5.74. The highest BCUT2D eigenvalue weighted by Crippen LogP contribution is 2.48. The van der Waals surface area contributed by atoms with Crippen molar-refractivity contribution >= 4 is 50.1 Å². The lowest BCUT2D eigenvalue weighted by molar-refractivity contribution is -0.146. The molecular weight excluding hydrogens is 739 g/mol. The molecule has 0 aliphatic heterocycles. The Hall–Kier alpha value is -5.13. The molecule has 5 rings (SSSR count). The fourth-order valence-corrected chi connectivity index (χ4v) is 6.67. The summed E-state index contributed by atoms with van der Waals surface area (Å²) in [7, 11) is -2.23. The molecule has 55 heavy (non-hydrogen) atoms. The minimum absolute atomic E-state index is 0.0401. The van der Waals surface area contributed by atoms with Crippen LogP contribution in [0.2, 0.25) is 0 Å². The zero-order valence-electron chi connectivity index (χ0n) is 30.4. The van der Waals surface area contributed by atoms with Crippen LogP contribution in [0.5, 0.6) is 0 Å².